The molecule has 3 rings (SSSR count). The molecule has 150 valence electrons. The monoisotopic (exact) mass is 399 g/mol. The first-order valence-electron chi connectivity index (χ1n) is 8.97. The first-order valence-corrected chi connectivity index (χ1v) is 12.7. The Kier molecular flexibility index (Phi) is 5.77. The van der Waals surface area contributed by atoms with Gasteiger partial charge in [0.1, 0.15) is 18.3 Å². The molecule has 2 aromatic rings. The van der Waals surface area contributed by atoms with Crippen LogP contribution in [0.5, 0.6) is 0 Å². The molecule has 0 bridgehead atoms. The summed E-state index contributed by atoms with van der Waals surface area (Å²) in [5, 5.41) is 32.5. The lowest BCUT2D eigenvalue weighted by molar-refractivity contribution is -0.0511. The third-order valence-corrected chi connectivity index (χ3v) is 6.43. The van der Waals surface area contributed by atoms with Gasteiger partial charge in [-0.25, -0.2) is 4.98 Å². The molecule has 0 radical (unpaired) electrons. The summed E-state index contributed by atoms with van der Waals surface area (Å²) < 4.78 is 20.8. The Morgan fingerprint density at radius 1 is 1.26 bits per heavy atom. The number of hydrogen-bond donors (Lipinski definition) is 4. The highest BCUT2D eigenvalue weighted by Crippen LogP contribution is 2.32. The molecular formula is C16H26FN5O4Si. The summed E-state index contributed by atoms with van der Waals surface area (Å²) in [7, 11) is -1.15. The maximum Gasteiger partial charge on any atom is 0.312 e. The summed E-state index contributed by atoms with van der Waals surface area (Å²) in [6.07, 6.45) is -3.16. The quantitative estimate of drug-likeness (QED) is 0.305. The Morgan fingerprint density at radius 3 is 2.63 bits per heavy atom. The van der Waals surface area contributed by atoms with Crippen molar-refractivity contribution in [2.45, 2.75) is 56.6 Å². The number of ether oxygens (including phenoxy) is 1. The molecule has 0 aliphatic carbocycles. The Morgan fingerprint density at radius 2 is 2.00 bits per heavy atom. The predicted octanol–water partition coefficient (Wildman–Crippen LogP) is 0.717. The Labute approximate surface area is 157 Å². The number of imidazole rings is 1. The minimum Gasteiger partial charge on any atom is -0.394 e. The number of halogens is 1. The van der Waals surface area contributed by atoms with E-state index in [9.17, 15) is 19.7 Å². The van der Waals surface area contributed by atoms with Crippen molar-refractivity contribution in [2.24, 2.45) is 0 Å². The molecule has 11 heteroatoms. The van der Waals surface area contributed by atoms with Gasteiger partial charge in [-0.3, -0.25) is 4.57 Å². The van der Waals surface area contributed by atoms with Gasteiger partial charge >= 0.3 is 6.08 Å². The van der Waals surface area contributed by atoms with Crippen LogP contribution < -0.4 is 5.32 Å². The summed E-state index contributed by atoms with van der Waals surface area (Å²) in [6, 6.07) is 1.13. The van der Waals surface area contributed by atoms with Crippen molar-refractivity contribution in [3.63, 3.8) is 0 Å². The van der Waals surface area contributed by atoms with Crippen LogP contribution in [0.4, 0.5) is 10.2 Å². The molecular weight excluding hydrogens is 373 g/mol. The van der Waals surface area contributed by atoms with E-state index in [0.29, 0.717) is 12.1 Å². The van der Waals surface area contributed by atoms with Gasteiger partial charge < -0.3 is 25.4 Å². The molecule has 1 saturated heterocycles. The minimum atomic E-state index is -1.30. The van der Waals surface area contributed by atoms with E-state index in [0.717, 1.165) is 12.5 Å². The molecule has 4 atom stereocenters. The van der Waals surface area contributed by atoms with E-state index in [1.165, 1.54) is 10.9 Å². The topological polar surface area (TPSA) is 126 Å². The van der Waals surface area contributed by atoms with E-state index in [2.05, 4.69) is 39.9 Å². The SMILES string of the molecule is C[Si](C)(C)CCCNc1nc(F)nc2c1ncn2C1OC(CO)C(O)C1O. The summed E-state index contributed by atoms with van der Waals surface area (Å²) >= 11 is 0. The zero-order valence-electron chi connectivity index (χ0n) is 15.6. The molecule has 1 aliphatic rings. The van der Waals surface area contributed by atoms with Crippen molar-refractivity contribution in [3.8, 4) is 0 Å². The van der Waals surface area contributed by atoms with Gasteiger partial charge in [0.15, 0.2) is 23.2 Å². The fraction of sp³-hybridized carbons (Fsp3) is 0.688. The van der Waals surface area contributed by atoms with Crippen molar-refractivity contribution < 1.29 is 24.4 Å². The van der Waals surface area contributed by atoms with E-state index >= 15 is 0 Å². The molecule has 1 fully saturated rings. The van der Waals surface area contributed by atoms with Crippen LogP contribution in [0.1, 0.15) is 12.6 Å². The molecule has 0 aromatic carbocycles. The van der Waals surface area contributed by atoms with Crippen molar-refractivity contribution in [1.82, 2.24) is 19.5 Å². The van der Waals surface area contributed by atoms with Gasteiger partial charge in [0.2, 0.25) is 0 Å². The molecule has 0 spiro atoms. The number of hydrogen-bond acceptors (Lipinski definition) is 8. The second-order valence-electron chi connectivity index (χ2n) is 7.99. The number of rotatable bonds is 7. The maximum atomic E-state index is 14.0. The first-order chi connectivity index (χ1) is 12.7. The van der Waals surface area contributed by atoms with Gasteiger partial charge in [-0.05, 0) is 6.42 Å². The van der Waals surface area contributed by atoms with E-state index in [-0.39, 0.29) is 11.5 Å². The minimum absolute atomic E-state index is 0.144. The number of aliphatic hydroxyl groups excluding tert-OH is 3. The van der Waals surface area contributed by atoms with Gasteiger partial charge in [-0.2, -0.15) is 14.4 Å². The number of anilines is 1. The van der Waals surface area contributed by atoms with Crippen LogP contribution in [0.3, 0.4) is 0 Å². The van der Waals surface area contributed by atoms with Crippen LogP contribution in [0, 0.1) is 6.08 Å². The van der Waals surface area contributed by atoms with Crippen molar-refractivity contribution in [3.05, 3.63) is 12.4 Å². The fourth-order valence-corrected chi connectivity index (χ4v) is 4.37. The van der Waals surface area contributed by atoms with E-state index in [4.69, 9.17) is 4.74 Å². The highest BCUT2D eigenvalue weighted by molar-refractivity contribution is 6.76. The highest BCUT2D eigenvalue weighted by atomic mass is 28.3. The fourth-order valence-electron chi connectivity index (χ4n) is 3.13. The van der Waals surface area contributed by atoms with Gasteiger partial charge in [-0.1, -0.05) is 25.7 Å². The molecule has 2 aromatic heterocycles. The second-order valence-corrected chi connectivity index (χ2v) is 13.6. The van der Waals surface area contributed by atoms with Crippen LogP contribution in [0.25, 0.3) is 11.2 Å². The number of nitrogens with one attached hydrogen (secondary N) is 1. The number of aliphatic hydroxyl groups is 3. The largest absolute Gasteiger partial charge is 0.394 e. The molecule has 3 heterocycles. The Bertz CT molecular complexity index is 799. The van der Waals surface area contributed by atoms with Crippen LogP contribution in [-0.2, 0) is 4.74 Å². The second kappa shape index (κ2) is 7.76. The van der Waals surface area contributed by atoms with Crippen molar-refractivity contribution >= 4 is 25.1 Å². The van der Waals surface area contributed by atoms with Gasteiger partial charge in [0.05, 0.1) is 12.9 Å². The van der Waals surface area contributed by atoms with Crippen LogP contribution in [0.15, 0.2) is 6.33 Å². The van der Waals surface area contributed by atoms with E-state index < -0.39 is 45.3 Å². The zero-order chi connectivity index (χ0) is 19.8. The Hall–Kier alpha value is -1.66. The van der Waals surface area contributed by atoms with Gasteiger partial charge in [0.25, 0.3) is 0 Å². The van der Waals surface area contributed by atoms with Gasteiger partial charge in [0, 0.05) is 14.6 Å². The van der Waals surface area contributed by atoms with Crippen molar-refractivity contribution in [2.75, 3.05) is 18.5 Å². The third kappa shape index (κ3) is 4.27. The van der Waals surface area contributed by atoms with Crippen LogP contribution >= 0.6 is 0 Å². The van der Waals surface area contributed by atoms with Gasteiger partial charge in [-0.15, -0.1) is 0 Å². The summed E-state index contributed by atoms with van der Waals surface area (Å²) in [5.74, 6) is 0.276. The lowest BCUT2D eigenvalue weighted by atomic mass is 10.1. The average molecular weight is 399 g/mol. The first kappa shape index (κ1) is 20.1. The zero-order valence-corrected chi connectivity index (χ0v) is 16.6. The average Bonchev–Trinajstić information content (AvgIpc) is 3.12. The van der Waals surface area contributed by atoms with Crippen molar-refractivity contribution in [1.29, 1.82) is 0 Å². The molecule has 9 nitrogen and oxygen atoms in total. The standard InChI is InChI=1S/C16H26FN5O4Si/c1-27(2,3)6-4-5-18-13-10-14(21-16(17)20-13)22(8-19-10)15-12(25)11(24)9(7-23)26-15/h8-9,11-12,15,23-25H,4-7H2,1-3H3,(H,18,20,21). The molecule has 27 heavy (non-hydrogen) atoms. The normalized spacial score (nSPS) is 26.0. The predicted molar refractivity (Wildman–Crippen MR) is 99.6 cm³/mol. The molecule has 1 aliphatic heterocycles. The van der Waals surface area contributed by atoms with E-state index in [1.54, 1.807) is 0 Å². The lowest BCUT2D eigenvalue weighted by Crippen LogP contribution is -2.33. The molecule has 4 N–H and O–H groups in total. The highest BCUT2D eigenvalue weighted by Gasteiger charge is 2.44. The lowest BCUT2D eigenvalue weighted by Gasteiger charge is -2.17. The summed E-state index contributed by atoms with van der Waals surface area (Å²) in [5.41, 5.74) is 0.493. The molecule has 0 amide bonds. The summed E-state index contributed by atoms with van der Waals surface area (Å²) in [6.45, 7) is 7.06. The Balaban J connectivity index is 1.83. The summed E-state index contributed by atoms with van der Waals surface area (Å²) in [4.78, 5) is 11.8. The maximum absolute atomic E-state index is 14.0. The molecule has 0 saturated carbocycles. The number of aromatic nitrogens is 4. The van der Waals surface area contributed by atoms with Crippen LogP contribution in [-0.4, -0.2) is 74.4 Å². The number of nitrogens with zero attached hydrogens (tertiary/aromatic N) is 4. The molecule has 4 unspecified atom stereocenters. The van der Waals surface area contributed by atoms with Crippen LogP contribution in [0.2, 0.25) is 25.7 Å². The van der Waals surface area contributed by atoms with E-state index in [1.807, 2.05) is 0 Å². The third-order valence-electron chi connectivity index (χ3n) is 4.58. The smallest absolute Gasteiger partial charge is 0.312 e. The number of fused-ring (bicyclic) bond motifs is 1.